The summed E-state index contributed by atoms with van der Waals surface area (Å²) in [5, 5.41) is 18.5. The number of nitrogens with one attached hydrogen (secondary N) is 1. The number of carboxylic acid groups (broad SMARTS) is 1. The first kappa shape index (κ1) is 24.1. The number of hydrogen-bond acceptors (Lipinski definition) is 7. The number of likely N-dealkylation sites (tertiary alicyclic amines) is 1. The van der Waals surface area contributed by atoms with Gasteiger partial charge in [-0.25, -0.2) is 14.5 Å². The molecule has 1 saturated heterocycles. The number of benzene rings is 2. The molecule has 1 amide bonds. The minimum atomic E-state index is -0.925. The number of hydrogen-bond donors (Lipinski definition) is 2. The van der Waals surface area contributed by atoms with Crippen LogP contribution in [0.25, 0.3) is 11.0 Å². The van der Waals surface area contributed by atoms with Crippen molar-refractivity contribution in [2.75, 3.05) is 25.5 Å². The molecule has 10 heteroatoms. The summed E-state index contributed by atoms with van der Waals surface area (Å²) in [6, 6.07) is 16.3. The summed E-state index contributed by atoms with van der Waals surface area (Å²) in [6.45, 7) is 1.36. The molecule has 0 unspecified atom stereocenters. The molecular formula is C27H27N5O5. The van der Waals surface area contributed by atoms with Gasteiger partial charge in [-0.2, -0.15) is 5.10 Å². The molecule has 2 aromatic heterocycles. The maximum absolute atomic E-state index is 11.5. The van der Waals surface area contributed by atoms with Crippen LogP contribution in [0.4, 0.5) is 10.6 Å². The van der Waals surface area contributed by atoms with Crippen molar-refractivity contribution in [3.05, 3.63) is 71.9 Å². The molecule has 1 atom stereocenters. The quantitative estimate of drug-likeness (QED) is 0.335. The van der Waals surface area contributed by atoms with Gasteiger partial charge in [0.25, 0.3) is 0 Å². The number of nitrogens with zero attached hydrogens (tertiary/aromatic N) is 4. The Hall–Kier alpha value is -4.60. The summed E-state index contributed by atoms with van der Waals surface area (Å²) in [5.41, 5.74) is 2.21. The molecule has 0 bridgehead atoms. The largest absolute Gasteiger partial charge is 0.497 e. The summed E-state index contributed by atoms with van der Waals surface area (Å²) in [5.74, 6) is 2.47. The van der Waals surface area contributed by atoms with E-state index in [1.54, 1.807) is 48.3 Å². The third-order valence-corrected chi connectivity index (χ3v) is 6.36. The summed E-state index contributed by atoms with van der Waals surface area (Å²) in [6.07, 6.45) is 3.11. The fourth-order valence-corrected chi connectivity index (χ4v) is 4.47. The molecular weight excluding hydrogens is 474 g/mol. The smallest absolute Gasteiger partial charge is 0.407 e. The Balaban J connectivity index is 1.51. The first-order valence-electron chi connectivity index (χ1n) is 12.0. The Labute approximate surface area is 213 Å². The number of rotatable bonds is 8. The molecule has 3 heterocycles. The highest BCUT2D eigenvalue weighted by molar-refractivity contribution is 5.93. The number of pyridine rings is 1. The van der Waals surface area contributed by atoms with Crippen molar-refractivity contribution in [3.63, 3.8) is 0 Å². The van der Waals surface area contributed by atoms with Crippen LogP contribution in [0.2, 0.25) is 0 Å². The lowest BCUT2D eigenvalue weighted by Crippen LogP contribution is -2.44. The number of piperidine rings is 1. The average Bonchev–Trinajstić information content (AvgIpc) is 3.27. The number of aromatic nitrogens is 3. The molecule has 0 aliphatic carbocycles. The molecule has 5 rings (SSSR count). The van der Waals surface area contributed by atoms with Crippen LogP contribution in [-0.4, -0.2) is 63.4 Å². The molecule has 1 aliphatic heterocycles. The van der Waals surface area contributed by atoms with Crippen LogP contribution in [0.1, 0.15) is 28.8 Å². The Kier molecular flexibility index (Phi) is 6.89. The third kappa shape index (κ3) is 5.32. The number of carbonyl (C=O) groups excluding carboxylic acids is 1. The predicted molar refractivity (Wildman–Crippen MR) is 138 cm³/mol. The molecule has 0 spiro atoms. The fraction of sp³-hybridized carbons (Fsp3) is 0.259. The van der Waals surface area contributed by atoms with Crippen molar-refractivity contribution >= 4 is 29.2 Å². The lowest BCUT2D eigenvalue weighted by molar-refractivity contribution is 0.112. The van der Waals surface area contributed by atoms with E-state index in [4.69, 9.17) is 14.6 Å². The number of aldehydes is 1. The van der Waals surface area contributed by atoms with Crippen LogP contribution in [-0.2, 0) is 6.54 Å². The molecule has 0 radical (unpaired) electrons. The zero-order valence-electron chi connectivity index (χ0n) is 20.3. The minimum Gasteiger partial charge on any atom is -0.497 e. The first-order chi connectivity index (χ1) is 18.0. The Bertz CT molecular complexity index is 1400. The lowest BCUT2D eigenvalue weighted by atomic mass is 10.1. The van der Waals surface area contributed by atoms with E-state index in [0.717, 1.165) is 30.4 Å². The van der Waals surface area contributed by atoms with Gasteiger partial charge in [0, 0.05) is 37.0 Å². The van der Waals surface area contributed by atoms with E-state index in [1.165, 1.54) is 4.90 Å². The van der Waals surface area contributed by atoms with Crippen molar-refractivity contribution < 1.29 is 24.2 Å². The van der Waals surface area contributed by atoms with E-state index in [2.05, 4.69) is 10.3 Å². The molecule has 37 heavy (non-hydrogen) atoms. The average molecular weight is 502 g/mol. The number of carbonyl (C=O) groups is 2. The van der Waals surface area contributed by atoms with Gasteiger partial charge >= 0.3 is 6.09 Å². The molecule has 1 fully saturated rings. The predicted octanol–water partition coefficient (Wildman–Crippen LogP) is 4.65. The van der Waals surface area contributed by atoms with Crippen molar-refractivity contribution in [2.45, 2.75) is 25.4 Å². The molecule has 190 valence electrons. The summed E-state index contributed by atoms with van der Waals surface area (Å²) >= 11 is 0. The van der Waals surface area contributed by atoms with Crippen LogP contribution >= 0.6 is 0 Å². The Morgan fingerprint density at radius 1 is 1.14 bits per heavy atom. The molecule has 2 aromatic carbocycles. The van der Waals surface area contributed by atoms with Crippen molar-refractivity contribution in [2.24, 2.45) is 0 Å². The van der Waals surface area contributed by atoms with Crippen molar-refractivity contribution in [1.82, 2.24) is 19.7 Å². The van der Waals surface area contributed by atoms with Crippen molar-refractivity contribution in [1.29, 1.82) is 0 Å². The van der Waals surface area contributed by atoms with E-state index in [0.29, 0.717) is 53.5 Å². The highest BCUT2D eigenvalue weighted by Crippen LogP contribution is 2.35. The topological polar surface area (TPSA) is 119 Å². The van der Waals surface area contributed by atoms with Gasteiger partial charge in [0.15, 0.2) is 11.5 Å². The van der Waals surface area contributed by atoms with Crippen LogP contribution in [0.5, 0.6) is 17.2 Å². The van der Waals surface area contributed by atoms with E-state index >= 15 is 0 Å². The van der Waals surface area contributed by atoms with Gasteiger partial charge in [-0.15, -0.1) is 0 Å². The number of fused-ring (bicyclic) bond motifs is 1. The van der Waals surface area contributed by atoms with Crippen LogP contribution in [0.15, 0.2) is 60.8 Å². The van der Waals surface area contributed by atoms with E-state index in [9.17, 15) is 14.7 Å². The molecule has 2 N–H and O–H groups in total. The minimum absolute atomic E-state index is 0.0997. The monoisotopic (exact) mass is 501 g/mol. The summed E-state index contributed by atoms with van der Waals surface area (Å²) in [7, 11) is 1.63. The fourth-order valence-electron chi connectivity index (χ4n) is 4.47. The van der Waals surface area contributed by atoms with Gasteiger partial charge in [0.05, 0.1) is 13.7 Å². The second-order valence-corrected chi connectivity index (χ2v) is 8.86. The van der Waals surface area contributed by atoms with Crippen LogP contribution in [0.3, 0.4) is 0 Å². The van der Waals surface area contributed by atoms with Gasteiger partial charge in [0.1, 0.15) is 28.9 Å². The lowest BCUT2D eigenvalue weighted by Gasteiger charge is -2.31. The number of amides is 1. The van der Waals surface area contributed by atoms with Crippen LogP contribution < -0.4 is 14.8 Å². The van der Waals surface area contributed by atoms with Gasteiger partial charge in [-0.1, -0.05) is 12.1 Å². The highest BCUT2D eigenvalue weighted by Gasteiger charge is 2.26. The van der Waals surface area contributed by atoms with Gasteiger partial charge in [0.2, 0.25) is 0 Å². The van der Waals surface area contributed by atoms with Crippen LogP contribution in [0, 0.1) is 0 Å². The maximum Gasteiger partial charge on any atom is 0.407 e. The molecule has 10 nitrogen and oxygen atoms in total. The second kappa shape index (κ2) is 10.6. The Morgan fingerprint density at radius 2 is 1.89 bits per heavy atom. The maximum atomic E-state index is 11.5. The molecule has 4 aromatic rings. The number of methoxy groups -OCH3 is 1. The van der Waals surface area contributed by atoms with E-state index in [-0.39, 0.29) is 6.04 Å². The summed E-state index contributed by atoms with van der Waals surface area (Å²) < 4.78 is 13.3. The third-order valence-electron chi connectivity index (χ3n) is 6.36. The SMILES string of the molecule is COc1ccc(Cn2nc(N[C@@H]3CCCN(C(=O)O)C3)c3c(Oc4ccc(C=O)cc4)ccnc32)cc1. The van der Waals surface area contributed by atoms with Gasteiger partial charge < -0.3 is 24.8 Å². The van der Waals surface area contributed by atoms with Gasteiger partial charge in [-0.3, -0.25) is 4.79 Å². The zero-order chi connectivity index (χ0) is 25.8. The highest BCUT2D eigenvalue weighted by atomic mass is 16.5. The number of anilines is 1. The molecule has 0 saturated carbocycles. The molecule has 1 aliphatic rings. The Morgan fingerprint density at radius 3 is 2.59 bits per heavy atom. The van der Waals surface area contributed by atoms with Crippen molar-refractivity contribution in [3.8, 4) is 17.2 Å². The van der Waals surface area contributed by atoms with Gasteiger partial charge in [-0.05, 0) is 54.8 Å². The summed E-state index contributed by atoms with van der Waals surface area (Å²) in [4.78, 5) is 28.6. The first-order valence-corrected chi connectivity index (χ1v) is 12.0. The van der Waals surface area contributed by atoms with E-state index in [1.807, 2.05) is 24.3 Å². The normalized spacial score (nSPS) is 15.4. The number of ether oxygens (including phenoxy) is 2. The standard InChI is InChI=1S/C27H27N5O5/c1-36-21-8-4-18(5-9-21)15-32-26-24(25(30-32)29-20-3-2-14-31(16-20)27(34)35)23(12-13-28-26)37-22-10-6-19(17-33)7-11-22/h4-13,17,20H,2-3,14-16H2,1H3,(H,29,30)(H,34,35)/t20-/m1/s1. The van der Waals surface area contributed by atoms with E-state index < -0.39 is 6.09 Å². The second-order valence-electron chi connectivity index (χ2n) is 8.86. The zero-order valence-corrected chi connectivity index (χ0v) is 20.3.